The number of nitrogens with one attached hydrogen (secondary N) is 1. The number of halogens is 1. The van der Waals surface area contributed by atoms with E-state index in [2.05, 4.69) is 15.5 Å². The van der Waals surface area contributed by atoms with Crippen molar-refractivity contribution in [1.29, 1.82) is 0 Å². The van der Waals surface area contributed by atoms with Crippen molar-refractivity contribution in [3.63, 3.8) is 0 Å². The third-order valence-corrected chi connectivity index (χ3v) is 4.76. The summed E-state index contributed by atoms with van der Waals surface area (Å²) >= 11 is 7.25. The Bertz CT molecular complexity index is 965. The monoisotopic (exact) mass is 400 g/mol. The number of carbonyl (C=O) groups is 1. The van der Waals surface area contributed by atoms with Crippen LogP contribution in [0.25, 0.3) is 11.3 Å². The molecule has 0 unspecified atom stereocenters. The van der Waals surface area contributed by atoms with Gasteiger partial charge < -0.3 is 5.32 Å². The highest BCUT2D eigenvalue weighted by Gasteiger charge is 2.09. The third-order valence-electron chi connectivity index (χ3n) is 3.51. The van der Waals surface area contributed by atoms with Crippen LogP contribution in [0.5, 0.6) is 0 Å². The van der Waals surface area contributed by atoms with Gasteiger partial charge in [-0.3, -0.25) is 14.9 Å². The van der Waals surface area contributed by atoms with Gasteiger partial charge in [-0.25, -0.2) is 0 Å². The van der Waals surface area contributed by atoms with Gasteiger partial charge in [-0.1, -0.05) is 35.5 Å². The molecule has 3 rings (SSSR count). The summed E-state index contributed by atoms with van der Waals surface area (Å²) in [5, 5.41) is 22.7. The summed E-state index contributed by atoms with van der Waals surface area (Å²) in [7, 11) is 0. The van der Waals surface area contributed by atoms with E-state index in [0.717, 1.165) is 5.56 Å². The fraction of sp³-hybridized carbons (Fsp3) is 0.0556. The summed E-state index contributed by atoms with van der Waals surface area (Å²) in [6.45, 7) is 0. The van der Waals surface area contributed by atoms with Crippen molar-refractivity contribution in [2.24, 2.45) is 0 Å². The first kappa shape index (κ1) is 18.8. The summed E-state index contributed by atoms with van der Waals surface area (Å²) in [6.07, 6.45) is 0. The molecular formula is C18H13ClN4O3S. The van der Waals surface area contributed by atoms with Crippen LogP contribution in [0.1, 0.15) is 0 Å². The maximum Gasteiger partial charge on any atom is 0.269 e. The number of hydrogen-bond donors (Lipinski definition) is 1. The van der Waals surface area contributed by atoms with Crippen molar-refractivity contribution >= 4 is 40.6 Å². The second-order valence-corrected chi connectivity index (χ2v) is 6.78. The second-order valence-electron chi connectivity index (χ2n) is 5.38. The first-order chi connectivity index (χ1) is 13.0. The predicted octanol–water partition coefficient (Wildman–Crippen LogP) is 4.44. The molecule has 0 atom stereocenters. The van der Waals surface area contributed by atoms with E-state index in [9.17, 15) is 14.9 Å². The normalized spacial score (nSPS) is 10.4. The molecule has 0 fully saturated rings. The number of nitro groups is 1. The zero-order valence-electron chi connectivity index (χ0n) is 13.8. The number of hydrogen-bond acceptors (Lipinski definition) is 6. The van der Waals surface area contributed by atoms with E-state index in [4.69, 9.17) is 11.6 Å². The first-order valence-electron chi connectivity index (χ1n) is 7.78. The van der Waals surface area contributed by atoms with E-state index in [1.54, 1.807) is 48.5 Å². The molecule has 1 amide bonds. The Morgan fingerprint density at radius 3 is 2.44 bits per heavy atom. The Morgan fingerprint density at radius 2 is 1.81 bits per heavy atom. The van der Waals surface area contributed by atoms with E-state index in [0.29, 0.717) is 21.4 Å². The van der Waals surface area contributed by atoms with Crippen LogP contribution in [0.15, 0.2) is 65.7 Å². The topological polar surface area (TPSA) is 98.0 Å². The molecule has 0 aliphatic heterocycles. The molecule has 0 saturated heterocycles. The number of aromatic nitrogens is 2. The van der Waals surface area contributed by atoms with Gasteiger partial charge in [0, 0.05) is 17.7 Å². The molecule has 7 nitrogen and oxygen atoms in total. The lowest BCUT2D eigenvalue weighted by molar-refractivity contribution is -0.384. The Labute approximate surface area is 163 Å². The summed E-state index contributed by atoms with van der Waals surface area (Å²) in [5.41, 5.74) is 1.89. The molecule has 136 valence electrons. The fourth-order valence-corrected chi connectivity index (χ4v) is 2.99. The Balaban J connectivity index is 1.58. The van der Waals surface area contributed by atoms with Gasteiger partial charge in [0.05, 0.1) is 27.1 Å². The highest BCUT2D eigenvalue weighted by Crippen LogP contribution is 2.23. The van der Waals surface area contributed by atoms with Crippen LogP contribution < -0.4 is 5.32 Å². The number of carbonyl (C=O) groups excluding carboxylic acids is 1. The number of nitrogens with zero attached hydrogens (tertiary/aromatic N) is 3. The van der Waals surface area contributed by atoms with Gasteiger partial charge in [0.25, 0.3) is 5.69 Å². The highest BCUT2D eigenvalue weighted by molar-refractivity contribution is 7.99. The minimum Gasteiger partial charge on any atom is -0.324 e. The van der Waals surface area contributed by atoms with Gasteiger partial charge in [-0.2, -0.15) is 0 Å². The maximum absolute atomic E-state index is 12.0. The van der Waals surface area contributed by atoms with Crippen LogP contribution in [-0.2, 0) is 4.79 Å². The molecule has 0 saturated carbocycles. The molecule has 9 heteroatoms. The van der Waals surface area contributed by atoms with Crippen molar-refractivity contribution < 1.29 is 9.72 Å². The Morgan fingerprint density at radius 1 is 1.07 bits per heavy atom. The third kappa shape index (κ3) is 5.02. The smallest absolute Gasteiger partial charge is 0.269 e. The Kier molecular flexibility index (Phi) is 6.00. The summed E-state index contributed by atoms with van der Waals surface area (Å²) in [6, 6.07) is 16.6. The quantitative estimate of drug-likeness (QED) is 0.373. The summed E-state index contributed by atoms with van der Waals surface area (Å²) < 4.78 is 0. The SMILES string of the molecule is O=C(CSc1ccc(-c2ccc([N+](=O)[O-])cc2)nn1)Nc1ccccc1Cl. The summed E-state index contributed by atoms with van der Waals surface area (Å²) in [5.74, 6) is -0.0362. The lowest BCUT2D eigenvalue weighted by Crippen LogP contribution is -2.14. The van der Waals surface area contributed by atoms with Gasteiger partial charge in [0.15, 0.2) is 0 Å². The van der Waals surface area contributed by atoms with Gasteiger partial charge in [-0.15, -0.1) is 10.2 Å². The van der Waals surface area contributed by atoms with Crippen molar-refractivity contribution in [3.05, 3.63) is 75.8 Å². The van der Waals surface area contributed by atoms with Gasteiger partial charge >= 0.3 is 0 Å². The van der Waals surface area contributed by atoms with Gasteiger partial charge in [-0.05, 0) is 36.4 Å². The van der Waals surface area contributed by atoms with E-state index in [1.807, 2.05) is 0 Å². The molecule has 1 heterocycles. The van der Waals surface area contributed by atoms with Crippen molar-refractivity contribution in [2.45, 2.75) is 5.03 Å². The zero-order chi connectivity index (χ0) is 19.2. The predicted molar refractivity (Wildman–Crippen MR) is 105 cm³/mol. The van der Waals surface area contributed by atoms with Gasteiger partial charge in [0.1, 0.15) is 5.03 Å². The highest BCUT2D eigenvalue weighted by atomic mass is 35.5. The maximum atomic E-state index is 12.0. The lowest BCUT2D eigenvalue weighted by Gasteiger charge is -2.06. The average molecular weight is 401 g/mol. The molecule has 27 heavy (non-hydrogen) atoms. The molecule has 1 aromatic heterocycles. The number of thioether (sulfide) groups is 1. The van der Waals surface area contributed by atoms with E-state index in [-0.39, 0.29) is 17.3 Å². The number of benzene rings is 2. The number of rotatable bonds is 6. The van der Waals surface area contributed by atoms with Crippen LogP contribution in [0.2, 0.25) is 5.02 Å². The second kappa shape index (κ2) is 8.61. The van der Waals surface area contributed by atoms with Crippen molar-refractivity contribution in [3.8, 4) is 11.3 Å². The lowest BCUT2D eigenvalue weighted by atomic mass is 10.1. The van der Waals surface area contributed by atoms with Crippen LogP contribution in [0.4, 0.5) is 11.4 Å². The van der Waals surface area contributed by atoms with Crippen LogP contribution >= 0.6 is 23.4 Å². The van der Waals surface area contributed by atoms with E-state index in [1.165, 1.54) is 23.9 Å². The fourth-order valence-electron chi connectivity index (χ4n) is 2.19. The molecule has 0 aliphatic carbocycles. The number of non-ortho nitro benzene ring substituents is 1. The number of nitro benzene ring substituents is 1. The molecule has 0 aliphatic rings. The molecule has 0 bridgehead atoms. The molecule has 1 N–H and O–H groups in total. The molecule has 3 aromatic rings. The van der Waals surface area contributed by atoms with Crippen molar-refractivity contribution in [2.75, 3.05) is 11.1 Å². The summed E-state index contributed by atoms with van der Waals surface area (Å²) in [4.78, 5) is 22.3. The molecule has 2 aromatic carbocycles. The van der Waals surface area contributed by atoms with Crippen molar-refractivity contribution in [1.82, 2.24) is 10.2 Å². The van der Waals surface area contributed by atoms with Crippen LogP contribution in [0, 0.1) is 10.1 Å². The number of amides is 1. The van der Waals surface area contributed by atoms with Crippen LogP contribution in [0.3, 0.4) is 0 Å². The molecule has 0 radical (unpaired) electrons. The zero-order valence-corrected chi connectivity index (χ0v) is 15.4. The molecular weight excluding hydrogens is 388 g/mol. The standard InChI is InChI=1S/C18H13ClN4O3S/c19-14-3-1-2-4-16(14)20-17(24)11-27-18-10-9-15(21-22-18)12-5-7-13(8-6-12)23(25)26/h1-10H,11H2,(H,20,24). The van der Waals surface area contributed by atoms with E-state index >= 15 is 0 Å². The number of anilines is 1. The van der Waals surface area contributed by atoms with E-state index < -0.39 is 4.92 Å². The number of para-hydroxylation sites is 1. The van der Waals surface area contributed by atoms with Crippen LogP contribution in [-0.4, -0.2) is 26.8 Å². The minimum atomic E-state index is -0.455. The van der Waals surface area contributed by atoms with Gasteiger partial charge in [0.2, 0.25) is 5.91 Å². The molecule has 0 spiro atoms. The largest absolute Gasteiger partial charge is 0.324 e. The minimum absolute atomic E-state index is 0.0171. The first-order valence-corrected chi connectivity index (χ1v) is 9.15. The Hall–Kier alpha value is -2.97. The average Bonchev–Trinajstić information content (AvgIpc) is 2.69.